The van der Waals surface area contributed by atoms with E-state index in [1.165, 1.54) is 0 Å². The third-order valence-electron chi connectivity index (χ3n) is 10.8. The Balaban J connectivity index is 4.57. The van der Waals surface area contributed by atoms with Gasteiger partial charge in [-0.2, -0.15) is 0 Å². The molecule has 0 N–H and O–H groups in total. The molecule has 0 saturated heterocycles. The molecule has 0 aromatic rings. The first-order chi connectivity index (χ1) is 37.0. The molecule has 0 aliphatic carbocycles. The first-order valence-corrected chi connectivity index (χ1v) is 28.6. The van der Waals surface area contributed by atoms with Crippen LogP contribution in [0.25, 0.3) is 0 Å². The number of ether oxygens (including phenoxy) is 3. The third-order valence-corrected chi connectivity index (χ3v) is 10.8. The molecule has 0 fully saturated rings. The van der Waals surface area contributed by atoms with E-state index in [-0.39, 0.29) is 44.4 Å². The zero-order chi connectivity index (χ0) is 54.3. The van der Waals surface area contributed by atoms with E-state index >= 15 is 0 Å². The van der Waals surface area contributed by atoms with E-state index in [2.05, 4.69) is 215 Å². The Bertz CT molecular complexity index is 1900. The van der Waals surface area contributed by atoms with Crippen molar-refractivity contribution < 1.29 is 28.6 Å². The van der Waals surface area contributed by atoms with Gasteiger partial charge in [-0.3, -0.25) is 14.4 Å². The summed E-state index contributed by atoms with van der Waals surface area (Å²) < 4.78 is 16.6. The van der Waals surface area contributed by atoms with Gasteiger partial charge >= 0.3 is 17.9 Å². The quantitative estimate of drug-likeness (QED) is 0.0261. The summed E-state index contributed by atoms with van der Waals surface area (Å²) in [5.41, 5.74) is 0. The van der Waals surface area contributed by atoms with Gasteiger partial charge in [0.05, 0.1) is 6.42 Å². The minimum atomic E-state index is -0.881. The number of hydrogen-bond acceptors (Lipinski definition) is 6. The maximum absolute atomic E-state index is 12.8. The summed E-state index contributed by atoms with van der Waals surface area (Å²) in [6.07, 6.45) is 94.3. The minimum Gasteiger partial charge on any atom is -0.462 e. The standard InChI is InChI=1S/C69H100O6/c1-4-7-10-13-16-19-22-25-27-28-29-30-31-32-33-34-35-36-37-38-39-40-42-44-47-50-53-56-59-62-68(71)74-65-66(64-73-67(70)61-58-55-52-49-46-43-24-21-18-15-12-9-6-3)75-69(72)63-60-57-54-51-48-45-41-26-23-20-17-14-11-8-5-2/h7-12,16-21,25-27,29-30,32-33,35-36,38-39,41-44,46,48,50-51,53,57,60,66H,4-6,13-15,22-24,28,31,34,37,40,45,47,49,52,54-56,58-59,61-65H2,1-3H3/b10-7-,11-8-,12-9-,19-16-,20-17-,21-18-,27-25-,30-29-,33-32-,36-35-,39-38-,41-26-,44-42-,46-43-,51-48-,53-50-,60-57-. The molecule has 0 radical (unpaired) electrons. The highest BCUT2D eigenvalue weighted by atomic mass is 16.6. The Morgan fingerprint density at radius 2 is 0.533 bits per heavy atom. The summed E-state index contributed by atoms with van der Waals surface area (Å²) in [6, 6.07) is 0. The van der Waals surface area contributed by atoms with E-state index < -0.39 is 12.1 Å². The highest BCUT2D eigenvalue weighted by molar-refractivity contribution is 5.72. The number of esters is 3. The molecule has 0 heterocycles. The monoisotopic (exact) mass is 1020 g/mol. The number of allylic oxidation sites excluding steroid dienone is 33. The van der Waals surface area contributed by atoms with E-state index in [9.17, 15) is 14.4 Å². The van der Waals surface area contributed by atoms with Crippen LogP contribution in [0.5, 0.6) is 0 Å². The molecule has 0 rings (SSSR count). The predicted molar refractivity (Wildman–Crippen MR) is 324 cm³/mol. The van der Waals surface area contributed by atoms with Crippen LogP contribution in [-0.2, 0) is 28.6 Å². The zero-order valence-electron chi connectivity index (χ0n) is 47.0. The average Bonchev–Trinajstić information content (AvgIpc) is 3.41. The van der Waals surface area contributed by atoms with Crippen LogP contribution < -0.4 is 0 Å². The second kappa shape index (κ2) is 60.5. The fourth-order valence-electron chi connectivity index (χ4n) is 6.65. The molecule has 75 heavy (non-hydrogen) atoms. The number of unbranched alkanes of at least 4 members (excludes halogenated alkanes) is 4. The normalized spacial score (nSPS) is 13.7. The first kappa shape index (κ1) is 69.0. The molecule has 412 valence electrons. The maximum atomic E-state index is 12.8. The van der Waals surface area contributed by atoms with Crippen LogP contribution in [0, 0.1) is 0 Å². The van der Waals surface area contributed by atoms with Crippen molar-refractivity contribution in [1.82, 2.24) is 0 Å². The second-order valence-electron chi connectivity index (χ2n) is 17.7. The smallest absolute Gasteiger partial charge is 0.310 e. The van der Waals surface area contributed by atoms with Crippen molar-refractivity contribution in [3.8, 4) is 0 Å². The van der Waals surface area contributed by atoms with Gasteiger partial charge in [-0.05, 0) is 141 Å². The van der Waals surface area contributed by atoms with Crippen LogP contribution in [0.1, 0.15) is 188 Å². The molecule has 1 unspecified atom stereocenters. The van der Waals surface area contributed by atoms with Crippen LogP contribution in [-0.4, -0.2) is 37.2 Å². The van der Waals surface area contributed by atoms with Crippen LogP contribution in [0.3, 0.4) is 0 Å². The molecule has 0 aliphatic heterocycles. The summed E-state index contributed by atoms with van der Waals surface area (Å²) in [5.74, 6) is -1.20. The minimum absolute atomic E-state index is 0.0657. The van der Waals surface area contributed by atoms with E-state index in [0.717, 1.165) is 128 Å². The molecule has 6 nitrogen and oxygen atoms in total. The van der Waals surface area contributed by atoms with Crippen LogP contribution in [0.4, 0.5) is 0 Å². The number of hydrogen-bond donors (Lipinski definition) is 0. The van der Waals surface area contributed by atoms with E-state index in [1.54, 1.807) is 6.08 Å². The van der Waals surface area contributed by atoms with Crippen molar-refractivity contribution in [2.24, 2.45) is 0 Å². The summed E-state index contributed by atoms with van der Waals surface area (Å²) in [5, 5.41) is 0. The van der Waals surface area contributed by atoms with Gasteiger partial charge < -0.3 is 14.2 Å². The van der Waals surface area contributed by atoms with Gasteiger partial charge in [0.1, 0.15) is 13.2 Å². The molecule has 6 heteroatoms. The Morgan fingerprint density at radius 1 is 0.280 bits per heavy atom. The van der Waals surface area contributed by atoms with Gasteiger partial charge in [-0.15, -0.1) is 0 Å². The van der Waals surface area contributed by atoms with E-state index in [1.807, 2.05) is 6.08 Å². The molecule has 0 bridgehead atoms. The van der Waals surface area contributed by atoms with Crippen LogP contribution >= 0.6 is 0 Å². The summed E-state index contributed by atoms with van der Waals surface area (Å²) in [7, 11) is 0. The fraction of sp³-hybridized carbons (Fsp3) is 0.464. The Labute approximate surface area is 458 Å². The molecular formula is C69H100O6. The largest absolute Gasteiger partial charge is 0.462 e. The molecule has 0 aromatic heterocycles. The molecule has 0 saturated carbocycles. The number of carbonyl (C=O) groups excluding carboxylic acids is 3. The molecule has 0 aromatic carbocycles. The average molecular weight is 1030 g/mol. The van der Waals surface area contributed by atoms with Gasteiger partial charge in [0, 0.05) is 12.8 Å². The Morgan fingerprint density at radius 3 is 0.840 bits per heavy atom. The lowest BCUT2D eigenvalue weighted by Crippen LogP contribution is -2.30. The third kappa shape index (κ3) is 58.7. The lowest BCUT2D eigenvalue weighted by atomic mass is 10.1. The number of carbonyl (C=O) groups is 3. The predicted octanol–water partition coefficient (Wildman–Crippen LogP) is 19.6. The van der Waals surface area contributed by atoms with Crippen LogP contribution in [0.15, 0.2) is 207 Å². The van der Waals surface area contributed by atoms with Crippen molar-refractivity contribution in [2.75, 3.05) is 13.2 Å². The topological polar surface area (TPSA) is 78.9 Å². The molecule has 0 amide bonds. The summed E-state index contributed by atoms with van der Waals surface area (Å²) in [6.45, 7) is 6.10. The van der Waals surface area contributed by atoms with Gasteiger partial charge in [0.25, 0.3) is 0 Å². The second-order valence-corrected chi connectivity index (χ2v) is 17.7. The highest BCUT2D eigenvalue weighted by Crippen LogP contribution is 2.09. The van der Waals surface area contributed by atoms with Crippen LogP contribution in [0.2, 0.25) is 0 Å². The van der Waals surface area contributed by atoms with Crippen molar-refractivity contribution in [3.63, 3.8) is 0 Å². The fourth-order valence-corrected chi connectivity index (χ4v) is 6.65. The molecule has 0 spiro atoms. The van der Waals surface area contributed by atoms with Crippen molar-refractivity contribution in [2.45, 2.75) is 194 Å². The molecular weight excluding hydrogens is 925 g/mol. The van der Waals surface area contributed by atoms with E-state index in [0.29, 0.717) is 19.3 Å². The van der Waals surface area contributed by atoms with E-state index in [4.69, 9.17) is 14.2 Å². The van der Waals surface area contributed by atoms with Gasteiger partial charge in [0.15, 0.2) is 6.10 Å². The van der Waals surface area contributed by atoms with Crippen molar-refractivity contribution in [3.05, 3.63) is 207 Å². The van der Waals surface area contributed by atoms with Crippen molar-refractivity contribution >= 4 is 17.9 Å². The Hall–Kier alpha value is -6.01. The lowest BCUT2D eigenvalue weighted by Gasteiger charge is -2.18. The first-order valence-electron chi connectivity index (χ1n) is 28.6. The maximum Gasteiger partial charge on any atom is 0.310 e. The lowest BCUT2D eigenvalue weighted by molar-refractivity contribution is -0.166. The van der Waals surface area contributed by atoms with Crippen molar-refractivity contribution in [1.29, 1.82) is 0 Å². The number of rotatable bonds is 48. The van der Waals surface area contributed by atoms with Gasteiger partial charge in [0.2, 0.25) is 0 Å². The zero-order valence-corrected chi connectivity index (χ0v) is 47.0. The van der Waals surface area contributed by atoms with Gasteiger partial charge in [-0.25, -0.2) is 0 Å². The Kier molecular flexibility index (Phi) is 55.7. The molecule has 1 atom stereocenters. The van der Waals surface area contributed by atoms with Gasteiger partial charge in [-0.1, -0.05) is 234 Å². The molecule has 0 aliphatic rings. The summed E-state index contributed by atoms with van der Waals surface area (Å²) >= 11 is 0. The SMILES string of the molecule is CC/C=C\C/C=C\C/C=C\C/C=C\C/C=C\C/C=C\C/C=C\C/C=C\C/C=C\CCCC(=O)OCC(COC(=O)CCCCC/C=C\C/C=C\C/C=C\CC)OC(=O)C/C=C\C/C=C\C/C=C\C/C=C\C/C=C\CC. The highest BCUT2D eigenvalue weighted by Gasteiger charge is 2.19. The summed E-state index contributed by atoms with van der Waals surface area (Å²) in [4.78, 5) is 38.0.